The number of hydrogen-bond donors (Lipinski definition) is 0. The van der Waals surface area contributed by atoms with Crippen LogP contribution in [0.15, 0.2) is 66.7 Å². The first-order chi connectivity index (χ1) is 15.7. The number of methoxy groups -OCH3 is 2. The standard InChI is InChI=1S/C26H28N2O4/c1-4-31-23-11-7-8-12-24(23)32-16-15-28-21-10-6-5-9-20(21)27-26(28)18-19-13-14-22(29-2)25(17-19)30-3/h5-14,17H,4,15-16,18H2,1-3H3. The number of nitrogens with zero attached hydrogens (tertiary/aromatic N) is 2. The molecule has 0 aliphatic carbocycles. The smallest absolute Gasteiger partial charge is 0.161 e. The molecule has 0 aliphatic heterocycles. The predicted octanol–water partition coefficient (Wildman–Crippen LogP) is 5.12. The molecule has 0 atom stereocenters. The number of hydrogen-bond acceptors (Lipinski definition) is 5. The summed E-state index contributed by atoms with van der Waals surface area (Å²) in [7, 11) is 3.29. The van der Waals surface area contributed by atoms with Crippen LogP contribution in [0.1, 0.15) is 18.3 Å². The molecular formula is C26H28N2O4. The number of rotatable bonds is 10. The highest BCUT2D eigenvalue weighted by Gasteiger charge is 2.13. The van der Waals surface area contributed by atoms with Crippen molar-refractivity contribution in [3.8, 4) is 23.0 Å². The Kier molecular flexibility index (Phi) is 6.80. The predicted molar refractivity (Wildman–Crippen MR) is 125 cm³/mol. The van der Waals surface area contributed by atoms with Gasteiger partial charge >= 0.3 is 0 Å². The first-order valence-corrected chi connectivity index (χ1v) is 10.7. The summed E-state index contributed by atoms with van der Waals surface area (Å²) in [5.74, 6) is 3.91. The van der Waals surface area contributed by atoms with Crippen molar-refractivity contribution in [3.63, 3.8) is 0 Å². The van der Waals surface area contributed by atoms with Crippen LogP contribution < -0.4 is 18.9 Å². The molecule has 166 valence electrons. The van der Waals surface area contributed by atoms with E-state index in [1.165, 1.54) is 0 Å². The van der Waals surface area contributed by atoms with Gasteiger partial charge in [0.15, 0.2) is 23.0 Å². The fraction of sp³-hybridized carbons (Fsp3) is 0.269. The maximum Gasteiger partial charge on any atom is 0.161 e. The molecule has 1 heterocycles. The van der Waals surface area contributed by atoms with E-state index in [2.05, 4.69) is 10.6 Å². The van der Waals surface area contributed by atoms with Crippen LogP contribution in [-0.4, -0.2) is 37.0 Å². The van der Waals surface area contributed by atoms with Crippen molar-refractivity contribution in [2.75, 3.05) is 27.4 Å². The van der Waals surface area contributed by atoms with Gasteiger partial charge in [0.2, 0.25) is 0 Å². The second kappa shape index (κ2) is 10.1. The lowest BCUT2D eigenvalue weighted by molar-refractivity contribution is 0.266. The van der Waals surface area contributed by atoms with Gasteiger partial charge in [0.1, 0.15) is 12.4 Å². The van der Waals surface area contributed by atoms with E-state index in [1.807, 2.05) is 67.6 Å². The van der Waals surface area contributed by atoms with Gasteiger partial charge in [-0.25, -0.2) is 4.98 Å². The summed E-state index contributed by atoms with van der Waals surface area (Å²) in [6.07, 6.45) is 0.671. The Morgan fingerprint density at radius 3 is 2.25 bits per heavy atom. The molecule has 0 N–H and O–H groups in total. The van der Waals surface area contributed by atoms with Gasteiger partial charge in [0.25, 0.3) is 0 Å². The van der Waals surface area contributed by atoms with Crippen molar-refractivity contribution < 1.29 is 18.9 Å². The van der Waals surface area contributed by atoms with Crippen LogP contribution in [0, 0.1) is 0 Å². The Morgan fingerprint density at radius 2 is 1.50 bits per heavy atom. The van der Waals surface area contributed by atoms with E-state index >= 15 is 0 Å². The third-order valence-corrected chi connectivity index (χ3v) is 5.27. The highest BCUT2D eigenvalue weighted by Crippen LogP contribution is 2.29. The van der Waals surface area contributed by atoms with Crippen molar-refractivity contribution >= 4 is 11.0 Å². The van der Waals surface area contributed by atoms with E-state index in [4.69, 9.17) is 23.9 Å². The molecule has 6 nitrogen and oxygen atoms in total. The van der Waals surface area contributed by atoms with E-state index in [9.17, 15) is 0 Å². The van der Waals surface area contributed by atoms with Gasteiger partial charge in [0.05, 0.1) is 38.4 Å². The third kappa shape index (κ3) is 4.64. The molecule has 1 aromatic heterocycles. The molecule has 0 radical (unpaired) electrons. The quantitative estimate of drug-likeness (QED) is 0.348. The van der Waals surface area contributed by atoms with E-state index in [1.54, 1.807) is 14.2 Å². The van der Waals surface area contributed by atoms with Gasteiger partial charge in [0, 0.05) is 6.42 Å². The van der Waals surface area contributed by atoms with Crippen molar-refractivity contribution in [1.29, 1.82) is 0 Å². The number of benzene rings is 3. The summed E-state index contributed by atoms with van der Waals surface area (Å²) >= 11 is 0. The molecular weight excluding hydrogens is 404 g/mol. The Balaban J connectivity index is 1.57. The number of imidazole rings is 1. The maximum absolute atomic E-state index is 6.07. The van der Waals surface area contributed by atoms with Crippen LogP contribution in [0.4, 0.5) is 0 Å². The van der Waals surface area contributed by atoms with Crippen LogP contribution in [0.2, 0.25) is 0 Å². The van der Waals surface area contributed by atoms with Gasteiger partial charge < -0.3 is 23.5 Å². The van der Waals surface area contributed by atoms with E-state index in [0.29, 0.717) is 37.7 Å². The van der Waals surface area contributed by atoms with Crippen molar-refractivity contribution in [2.24, 2.45) is 0 Å². The van der Waals surface area contributed by atoms with Gasteiger partial charge in [-0.1, -0.05) is 30.3 Å². The SMILES string of the molecule is CCOc1ccccc1OCCn1c(Cc2ccc(OC)c(OC)c2)nc2ccccc21. The molecule has 6 heteroatoms. The fourth-order valence-electron chi connectivity index (χ4n) is 3.77. The van der Waals surface area contributed by atoms with Crippen LogP contribution >= 0.6 is 0 Å². The van der Waals surface area contributed by atoms with Gasteiger partial charge in [-0.3, -0.25) is 0 Å². The topological polar surface area (TPSA) is 54.7 Å². The summed E-state index contributed by atoms with van der Waals surface area (Å²) in [4.78, 5) is 4.89. The van der Waals surface area contributed by atoms with Crippen LogP contribution in [0.25, 0.3) is 11.0 Å². The zero-order valence-corrected chi connectivity index (χ0v) is 18.7. The van der Waals surface area contributed by atoms with Crippen molar-refractivity contribution in [1.82, 2.24) is 9.55 Å². The second-order valence-electron chi connectivity index (χ2n) is 7.26. The number of para-hydroxylation sites is 4. The lowest BCUT2D eigenvalue weighted by Crippen LogP contribution is -2.12. The van der Waals surface area contributed by atoms with Crippen LogP contribution in [0.5, 0.6) is 23.0 Å². The number of fused-ring (bicyclic) bond motifs is 1. The summed E-state index contributed by atoms with van der Waals surface area (Å²) < 4.78 is 24.8. The normalized spacial score (nSPS) is 10.8. The molecule has 0 aliphatic rings. The molecule has 0 saturated heterocycles. The average Bonchev–Trinajstić information content (AvgIpc) is 3.17. The number of aromatic nitrogens is 2. The fourth-order valence-corrected chi connectivity index (χ4v) is 3.77. The van der Waals surface area contributed by atoms with Gasteiger partial charge in [-0.05, 0) is 48.9 Å². The molecule has 0 fully saturated rings. The molecule has 32 heavy (non-hydrogen) atoms. The summed E-state index contributed by atoms with van der Waals surface area (Å²) in [5.41, 5.74) is 3.16. The van der Waals surface area contributed by atoms with E-state index in [0.717, 1.165) is 33.9 Å². The van der Waals surface area contributed by atoms with Crippen molar-refractivity contribution in [3.05, 3.63) is 78.1 Å². The molecule has 0 amide bonds. The molecule has 4 aromatic rings. The maximum atomic E-state index is 6.07. The summed E-state index contributed by atoms with van der Waals surface area (Å²) in [5, 5.41) is 0. The summed E-state index contributed by atoms with van der Waals surface area (Å²) in [6, 6.07) is 21.9. The first-order valence-electron chi connectivity index (χ1n) is 10.7. The second-order valence-corrected chi connectivity index (χ2v) is 7.26. The van der Waals surface area contributed by atoms with Gasteiger partial charge in [-0.2, -0.15) is 0 Å². The zero-order chi connectivity index (χ0) is 22.3. The van der Waals surface area contributed by atoms with E-state index in [-0.39, 0.29) is 0 Å². The largest absolute Gasteiger partial charge is 0.493 e. The average molecular weight is 433 g/mol. The Bertz CT molecular complexity index is 1190. The van der Waals surface area contributed by atoms with Crippen LogP contribution in [-0.2, 0) is 13.0 Å². The first kappa shape index (κ1) is 21.6. The molecule has 0 spiro atoms. The third-order valence-electron chi connectivity index (χ3n) is 5.27. The lowest BCUT2D eigenvalue weighted by Gasteiger charge is -2.14. The molecule has 0 saturated carbocycles. The van der Waals surface area contributed by atoms with Crippen LogP contribution in [0.3, 0.4) is 0 Å². The van der Waals surface area contributed by atoms with Crippen molar-refractivity contribution in [2.45, 2.75) is 19.9 Å². The molecule has 4 rings (SSSR count). The monoisotopic (exact) mass is 432 g/mol. The Morgan fingerprint density at radius 1 is 0.781 bits per heavy atom. The molecule has 3 aromatic carbocycles. The Hall–Kier alpha value is -3.67. The summed E-state index contributed by atoms with van der Waals surface area (Å²) in [6.45, 7) is 3.74. The highest BCUT2D eigenvalue weighted by atomic mass is 16.5. The highest BCUT2D eigenvalue weighted by molar-refractivity contribution is 5.76. The lowest BCUT2D eigenvalue weighted by atomic mass is 10.1. The van der Waals surface area contributed by atoms with E-state index < -0.39 is 0 Å². The minimum Gasteiger partial charge on any atom is -0.493 e. The number of ether oxygens (including phenoxy) is 4. The Labute approximate surface area is 188 Å². The minimum absolute atomic E-state index is 0.503. The minimum atomic E-state index is 0.503. The zero-order valence-electron chi connectivity index (χ0n) is 18.7. The van der Waals surface area contributed by atoms with Gasteiger partial charge in [-0.15, -0.1) is 0 Å². The molecule has 0 unspecified atom stereocenters. The molecule has 0 bridgehead atoms.